The summed E-state index contributed by atoms with van der Waals surface area (Å²) in [5.74, 6) is -0.0275. The SMILES string of the molecule is O=C(CCCCCO)NCCNC(=O)CCCCCO. The first-order chi connectivity index (χ1) is 9.70. The van der Waals surface area contributed by atoms with Crippen molar-refractivity contribution in [1.82, 2.24) is 10.6 Å². The fraction of sp³-hybridized carbons (Fsp3) is 0.857. The molecule has 0 saturated carbocycles. The summed E-state index contributed by atoms with van der Waals surface area (Å²) >= 11 is 0. The van der Waals surface area contributed by atoms with Gasteiger partial charge >= 0.3 is 0 Å². The molecule has 0 bridgehead atoms. The lowest BCUT2D eigenvalue weighted by molar-refractivity contribution is -0.123. The van der Waals surface area contributed by atoms with E-state index < -0.39 is 0 Å². The predicted molar refractivity (Wildman–Crippen MR) is 77.1 cm³/mol. The average molecular weight is 288 g/mol. The molecule has 0 radical (unpaired) electrons. The van der Waals surface area contributed by atoms with E-state index in [0.717, 1.165) is 38.5 Å². The second kappa shape index (κ2) is 14.3. The van der Waals surface area contributed by atoms with Gasteiger partial charge in [0.1, 0.15) is 0 Å². The summed E-state index contributed by atoms with van der Waals surface area (Å²) < 4.78 is 0. The molecular weight excluding hydrogens is 260 g/mol. The number of nitrogens with one attached hydrogen (secondary N) is 2. The van der Waals surface area contributed by atoms with E-state index in [1.807, 2.05) is 0 Å². The highest BCUT2D eigenvalue weighted by Crippen LogP contribution is 1.99. The fourth-order valence-electron chi connectivity index (χ4n) is 1.73. The molecular formula is C14H28N2O4. The third kappa shape index (κ3) is 13.3. The monoisotopic (exact) mass is 288 g/mol. The van der Waals surface area contributed by atoms with Gasteiger partial charge in [0.2, 0.25) is 11.8 Å². The number of carbonyl (C=O) groups excluding carboxylic acids is 2. The second-order valence-corrected chi connectivity index (χ2v) is 4.77. The van der Waals surface area contributed by atoms with Gasteiger partial charge < -0.3 is 20.8 Å². The van der Waals surface area contributed by atoms with Crippen LogP contribution in [0.25, 0.3) is 0 Å². The molecule has 0 aromatic heterocycles. The Hall–Kier alpha value is -1.14. The van der Waals surface area contributed by atoms with Gasteiger partial charge in [-0.2, -0.15) is 0 Å². The normalized spacial score (nSPS) is 10.3. The van der Waals surface area contributed by atoms with Gasteiger partial charge in [-0.25, -0.2) is 0 Å². The third-order valence-corrected chi connectivity index (χ3v) is 2.89. The Morgan fingerprint density at radius 2 is 1.05 bits per heavy atom. The van der Waals surface area contributed by atoms with Crippen LogP contribution in [0.4, 0.5) is 0 Å². The molecule has 0 aromatic rings. The third-order valence-electron chi connectivity index (χ3n) is 2.89. The lowest BCUT2D eigenvalue weighted by Gasteiger charge is -2.07. The molecule has 2 amide bonds. The molecule has 0 spiro atoms. The van der Waals surface area contributed by atoms with Crippen LogP contribution in [-0.4, -0.2) is 48.3 Å². The minimum Gasteiger partial charge on any atom is -0.396 e. The molecule has 0 aliphatic carbocycles. The minimum absolute atomic E-state index is 0.0138. The van der Waals surface area contributed by atoms with E-state index in [0.29, 0.717) is 25.9 Å². The topological polar surface area (TPSA) is 98.7 Å². The molecule has 118 valence electrons. The van der Waals surface area contributed by atoms with Gasteiger partial charge in [0.25, 0.3) is 0 Å². The van der Waals surface area contributed by atoms with Gasteiger partial charge in [0.15, 0.2) is 0 Å². The fourth-order valence-corrected chi connectivity index (χ4v) is 1.73. The summed E-state index contributed by atoms with van der Waals surface area (Å²) in [6.45, 7) is 1.24. The minimum atomic E-state index is -0.0138. The van der Waals surface area contributed by atoms with Gasteiger partial charge in [-0.1, -0.05) is 12.8 Å². The van der Waals surface area contributed by atoms with Crippen LogP contribution >= 0.6 is 0 Å². The van der Waals surface area contributed by atoms with E-state index in [9.17, 15) is 9.59 Å². The zero-order valence-corrected chi connectivity index (χ0v) is 12.2. The van der Waals surface area contributed by atoms with Crippen molar-refractivity contribution in [2.45, 2.75) is 51.4 Å². The van der Waals surface area contributed by atoms with Crippen molar-refractivity contribution in [3.8, 4) is 0 Å². The van der Waals surface area contributed by atoms with Gasteiger partial charge in [-0.15, -0.1) is 0 Å². The molecule has 0 rings (SSSR count). The van der Waals surface area contributed by atoms with Crippen LogP contribution in [0.1, 0.15) is 51.4 Å². The molecule has 20 heavy (non-hydrogen) atoms. The second-order valence-electron chi connectivity index (χ2n) is 4.77. The van der Waals surface area contributed by atoms with Crippen LogP contribution in [0, 0.1) is 0 Å². The van der Waals surface area contributed by atoms with Crippen LogP contribution in [-0.2, 0) is 9.59 Å². The van der Waals surface area contributed by atoms with Crippen molar-refractivity contribution in [3.05, 3.63) is 0 Å². The molecule has 4 N–H and O–H groups in total. The number of amides is 2. The van der Waals surface area contributed by atoms with Crippen molar-refractivity contribution in [2.24, 2.45) is 0 Å². The number of rotatable bonds is 13. The predicted octanol–water partition coefficient (Wildman–Crippen LogP) is 0.324. The molecule has 0 fully saturated rings. The molecule has 6 heteroatoms. The Balaban J connectivity index is 3.32. The van der Waals surface area contributed by atoms with Gasteiger partial charge in [0, 0.05) is 39.1 Å². The summed E-state index contributed by atoms with van der Waals surface area (Å²) in [4.78, 5) is 22.8. The molecule has 0 atom stereocenters. The number of hydrogen-bond acceptors (Lipinski definition) is 4. The van der Waals surface area contributed by atoms with Crippen molar-refractivity contribution in [3.63, 3.8) is 0 Å². The van der Waals surface area contributed by atoms with E-state index >= 15 is 0 Å². The Bertz CT molecular complexity index is 234. The lowest BCUT2D eigenvalue weighted by Crippen LogP contribution is -2.34. The van der Waals surface area contributed by atoms with E-state index in [1.165, 1.54) is 0 Å². The van der Waals surface area contributed by atoms with Crippen LogP contribution in [0.3, 0.4) is 0 Å². The molecule has 0 heterocycles. The first-order valence-electron chi connectivity index (χ1n) is 7.45. The molecule has 0 saturated heterocycles. The maximum absolute atomic E-state index is 11.4. The first kappa shape index (κ1) is 18.9. The van der Waals surface area contributed by atoms with Crippen molar-refractivity contribution >= 4 is 11.8 Å². The largest absolute Gasteiger partial charge is 0.396 e. The number of unbranched alkanes of at least 4 members (excludes halogenated alkanes) is 4. The van der Waals surface area contributed by atoms with Crippen LogP contribution in [0.2, 0.25) is 0 Å². The summed E-state index contributed by atoms with van der Waals surface area (Å²) in [6, 6.07) is 0. The van der Waals surface area contributed by atoms with Crippen molar-refractivity contribution in [1.29, 1.82) is 0 Å². The van der Waals surface area contributed by atoms with Crippen molar-refractivity contribution < 1.29 is 19.8 Å². The number of aliphatic hydroxyl groups is 2. The Morgan fingerprint density at radius 1 is 0.650 bits per heavy atom. The highest BCUT2D eigenvalue weighted by Gasteiger charge is 2.02. The van der Waals surface area contributed by atoms with E-state index in [1.54, 1.807) is 0 Å². The number of aliphatic hydroxyl groups excluding tert-OH is 2. The highest BCUT2D eigenvalue weighted by molar-refractivity contribution is 5.77. The summed E-state index contributed by atoms with van der Waals surface area (Å²) in [5.41, 5.74) is 0. The summed E-state index contributed by atoms with van der Waals surface area (Å²) in [7, 11) is 0. The maximum atomic E-state index is 11.4. The van der Waals surface area contributed by atoms with Gasteiger partial charge in [-0.05, 0) is 25.7 Å². The Labute approximate surface area is 120 Å². The molecule has 0 aromatic carbocycles. The summed E-state index contributed by atoms with van der Waals surface area (Å²) in [6.07, 6.45) is 5.68. The van der Waals surface area contributed by atoms with E-state index in [2.05, 4.69) is 10.6 Å². The van der Waals surface area contributed by atoms with Gasteiger partial charge in [0.05, 0.1) is 0 Å². The summed E-state index contributed by atoms with van der Waals surface area (Å²) in [5, 5.41) is 22.7. The van der Waals surface area contributed by atoms with Crippen molar-refractivity contribution in [2.75, 3.05) is 26.3 Å². The molecule has 0 aliphatic rings. The van der Waals surface area contributed by atoms with Crippen LogP contribution in [0.5, 0.6) is 0 Å². The number of carbonyl (C=O) groups is 2. The van der Waals surface area contributed by atoms with Crippen LogP contribution < -0.4 is 10.6 Å². The Morgan fingerprint density at radius 3 is 1.40 bits per heavy atom. The molecule has 0 unspecified atom stereocenters. The van der Waals surface area contributed by atoms with Crippen LogP contribution in [0.15, 0.2) is 0 Å². The quantitative estimate of drug-likeness (QED) is 0.367. The first-order valence-corrected chi connectivity index (χ1v) is 7.45. The maximum Gasteiger partial charge on any atom is 0.220 e. The van der Waals surface area contributed by atoms with E-state index in [-0.39, 0.29) is 25.0 Å². The van der Waals surface area contributed by atoms with E-state index in [4.69, 9.17) is 10.2 Å². The standard InChI is InChI=1S/C14H28N2O4/c17-11-5-1-3-7-13(19)15-9-10-16-14(20)8-4-2-6-12-18/h17-18H,1-12H2,(H,15,19)(H,16,20). The average Bonchev–Trinajstić information content (AvgIpc) is 2.44. The smallest absolute Gasteiger partial charge is 0.220 e. The lowest BCUT2D eigenvalue weighted by atomic mass is 10.2. The number of hydrogen-bond donors (Lipinski definition) is 4. The zero-order valence-electron chi connectivity index (χ0n) is 12.2. The zero-order chi connectivity index (χ0) is 15.1. The van der Waals surface area contributed by atoms with Gasteiger partial charge in [-0.3, -0.25) is 9.59 Å². The highest BCUT2D eigenvalue weighted by atomic mass is 16.3. The Kier molecular flexibility index (Phi) is 13.5. The molecule has 6 nitrogen and oxygen atoms in total. The molecule has 0 aliphatic heterocycles.